The Bertz CT molecular complexity index is 380. The Labute approximate surface area is 89.6 Å². The summed E-state index contributed by atoms with van der Waals surface area (Å²) in [4.78, 5) is 11.4. The van der Waals surface area contributed by atoms with E-state index >= 15 is 0 Å². The van der Waals surface area contributed by atoms with Gasteiger partial charge in [0.25, 0.3) is 0 Å². The molecular weight excluding hydrogens is 188 g/mol. The van der Waals surface area contributed by atoms with Gasteiger partial charge in [0.15, 0.2) is 0 Å². The molecule has 2 rings (SSSR count). The van der Waals surface area contributed by atoms with Crippen LogP contribution in [0.4, 0.5) is 0 Å². The second-order valence-corrected chi connectivity index (χ2v) is 3.65. The average Bonchev–Trinajstić information content (AvgIpc) is 2.25. The Kier molecular flexibility index (Phi) is 3.18. The SMILES string of the molecule is O=C1CCCC=CCc2ccccc2O1. The Morgan fingerprint density at radius 2 is 2.00 bits per heavy atom. The quantitative estimate of drug-likeness (QED) is 0.367. The van der Waals surface area contributed by atoms with Crippen molar-refractivity contribution in [3.8, 4) is 5.75 Å². The van der Waals surface area contributed by atoms with E-state index in [0.717, 1.165) is 24.8 Å². The molecule has 0 fully saturated rings. The molecular formula is C13H14O2. The first-order valence-corrected chi connectivity index (χ1v) is 5.30. The van der Waals surface area contributed by atoms with E-state index in [9.17, 15) is 4.79 Å². The molecule has 1 aliphatic heterocycles. The molecule has 1 aliphatic rings. The third-order valence-corrected chi connectivity index (χ3v) is 2.45. The third-order valence-electron chi connectivity index (χ3n) is 2.45. The van der Waals surface area contributed by atoms with Gasteiger partial charge >= 0.3 is 5.97 Å². The first kappa shape index (κ1) is 9.97. The molecule has 0 saturated heterocycles. The Morgan fingerprint density at radius 1 is 1.13 bits per heavy atom. The van der Waals surface area contributed by atoms with E-state index in [1.807, 2.05) is 24.3 Å². The van der Waals surface area contributed by atoms with Crippen LogP contribution in [0.25, 0.3) is 0 Å². The lowest BCUT2D eigenvalue weighted by Crippen LogP contribution is -2.09. The monoisotopic (exact) mass is 202 g/mol. The second kappa shape index (κ2) is 4.78. The molecule has 0 N–H and O–H groups in total. The largest absolute Gasteiger partial charge is 0.426 e. The van der Waals surface area contributed by atoms with Crippen LogP contribution < -0.4 is 4.74 Å². The first-order valence-electron chi connectivity index (χ1n) is 5.30. The van der Waals surface area contributed by atoms with Gasteiger partial charge in [0, 0.05) is 6.42 Å². The normalized spacial score (nSPS) is 16.7. The number of esters is 1. The van der Waals surface area contributed by atoms with Crippen LogP contribution in [0.5, 0.6) is 5.75 Å². The molecule has 1 heterocycles. The van der Waals surface area contributed by atoms with Crippen LogP contribution in [-0.4, -0.2) is 5.97 Å². The van der Waals surface area contributed by atoms with Crippen LogP contribution in [0.15, 0.2) is 36.4 Å². The summed E-state index contributed by atoms with van der Waals surface area (Å²) in [5.74, 6) is 0.576. The number of para-hydroxylation sites is 1. The second-order valence-electron chi connectivity index (χ2n) is 3.65. The number of carbonyl (C=O) groups excluding carboxylic acids is 1. The lowest BCUT2D eigenvalue weighted by atomic mass is 10.1. The predicted octanol–water partition coefficient (Wildman–Crippen LogP) is 2.87. The van der Waals surface area contributed by atoms with Crippen LogP contribution >= 0.6 is 0 Å². The molecule has 1 aromatic carbocycles. The van der Waals surface area contributed by atoms with E-state index in [4.69, 9.17) is 4.74 Å². The highest BCUT2D eigenvalue weighted by Crippen LogP contribution is 2.20. The predicted molar refractivity (Wildman–Crippen MR) is 58.8 cm³/mol. The van der Waals surface area contributed by atoms with E-state index in [-0.39, 0.29) is 5.97 Å². The average molecular weight is 202 g/mol. The molecule has 0 bridgehead atoms. The van der Waals surface area contributed by atoms with E-state index in [1.165, 1.54) is 0 Å². The maximum atomic E-state index is 11.4. The molecule has 0 radical (unpaired) electrons. The van der Waals surface area contributed by atoms with Crippen molar-refractivity contribution in [2.75, 3.05) is 0 Å². The van der Waals surface area contributed by atoms with Crippen LogP contribution in [0.2, 0.25) is 0 Å². The molecule has 0 amide bonds. The Hall–Kier alpha value is -1.57. The van der Waals surface area contributed by atoms with Gasteiger partial charge in [-0.05, 0) is 30.9 Å². The fraction of sp³-hybridized carbons (Fsp3) is 0.308. The smallest absolute Gasteiger partial charge is 0.311 e. The maximum absolute atomic E-state index is 11.4. The van der Waals surface area contributed by atoms with E-state index in [0.29, 0.717) is 12.2 Å². The van der Waals surface area contributed by atoms with Crippen molar-refractivity contribution in [3.05, 3.63) is 42.0 Å². The van der Waals surface area contributed by atoms with Gasteiger partial charge < -0.3 is 4.74 Å². The van der Waals surface area contributed by atoms with Crippen molar-refractivity contribution in [2.45, 2.75) is 25.7 Å². The molecule has 0 saturated carbocycles. The molecule has 2 heteroatoms. The van der Waals surface area contributed by atoms with Crippen LogP contribution in [0.1, 0.15) is 24.8 Å². The number of hydrogen-bond acceptors (Lipinski definition) is 2. The minimum Gasteiger partial charge on any atom is -0.426 e. The Balaban J connectivity index is 2.26. The molecule has 0 spiro atoms. The molecule has 2 nitrogen and oxygen atoms in total. The maximum Gasteiger partial charge on any atom is 0.311 e. The number of ether oxygens (including phenoxy) is 1. The lowest BCUT2D eigenvalue weighted by molar-refractivity contribution is -0.134. The summed E-state index contributed by atoms with van der Waals surface area (Å²) >= 11 is 0. The van der Waals surface area contributed by atoms with Gasteiger partial charge in [0.05, 0.1) is 0 Å². The molecule has 0 atom stereocenters. The topological polar surface area (TPSA) is 26.3 Å². The van der Waals surface area contributed by atoms with E-state index < -0.39 is 0 Å². The zero-order chi connectivity index (χ0) is 10.5. The minimum atomic E-state index is -0.127. The summed E-state index contributed by atoms with van der Waals surface area (Å²) in [7, 11) is 0. The van der Waals surface area contributed by atoms with Crippen molar-refractivity contribution >= 4 is 5.97 Å². The van der Waals surface area contributed by atoms with Gasteiger partial charge in [-0.15, -0.1) is 0 Å². The molecule has 15 heavy (non-hydrogen) atoms. The van der Waals surface area contributed by atoms with Gasteiger partial charge in [-0.2, -0.15) is 0 Å². The van der Waals surface area contributed by atoms with Crippen molar-refractivity contribution in [3.63, 3.8) is 0 Å². The number of carbonyl (C=O) groups is 1. The van der Waals surface area contributed by atoms with Gasteiger partial charge in [0.2, 0.25) is 0 Å². The summed E-state index contributed by atoms with van der Waals surface area (Å²) < 4.78 is 5.30. The van der Waals surface area contributed by atoms with Crippen molar-refractivity contribution in [1.29, 1.82) is 0 Å². The van der Waals surface area contributed by atoms with Crippen molar-refractivity contribution in [2.24, 2.45) is 0 Å². The summed E-state index contributed by atoms with van der Waals surface area (Å²) in [5.41, 5.74) is 1.07. The fourth-order valence-corrected chi connectivity index (χ4v) is 1.64. The Morgan fingerprint density at radius 3 is 2.93 bits per heavy atom. The number of allylic oxidation sites excluding steroid dienone is 2. The highest BCUT2D eigenvalue weighted by Gasteiger charge is 2.08. The minimum absolute atomic E-state index is 0.127. The van der Waals surface area contributed by atoms with Gasteiger partial charge in [-0.3, -0.25) is 4.79 Å². The molecule has 1 aromatic rings. The number of benzene rings is 1. The first-order chi connectivity index (χ1) is 7.36. The molecule has 78 valence electrons. The zero-order valence-corrected chi connectivity index (χ0v) is 8.61. The van der Waals surface area contributed by atoms with Crippen molar-refractivity contribution < 1.29 is 9.53 Å². The number of hydrogen-bond donors (Lipinski definition) is 0. The van der Waals surface area contributed by atoms with Gasteiger partial charge in [-0.25, -0.2) is 0 Å². The van der Waals surface area contributed by atoms with Gasteiger partial charge in [-0.1, -0.05) is 30.4 Å². The van der Waals surface area contributed by atoms with E-state index in [2.05, 4.69) is 12.2 Å². The van der Waals surface area contributed by atoms with Crippen LogP contribution in [0.3, 0.4) is 0 Å². The lowest BCUT2D eigenvalue weighted by Gasteiger charge is -2.09. The zero-order valence-electron chi connectivity index (χ0n) is 8.61. The molecule has 0 aromatic heterocycles. The van der Waals surface area contributed by atoms with Gasteiger partial charge in [0.1, 0.15) is 5.75 Å². The van der Waals surface area contributed by atoms with Crippen molar-refractivity contribution in [1.82, 2.24) is 0 Å². The summed E-state index contributed by atoms with van der Waals surface area (Å²) in [6.07, 6.45) is 7.43. The summed E-state index contributed by atoms with van der Waals surface area (Å²) in [5, 5.41) is 0. The summed E-state index contributed by atoms with van der Waals surface area (Å²) in [6.45, 7) is 0. The van der Waals surface area contributed by atoms with Crippen LogP contribution in [-0.2, 0) is 11.2 Å². The summed E-state index contributed by atoms with van der Waals surface area (Å²) in [6, 6.07) is 7.70. The number of fused-ring (bicyclic) bond motifs is 1. The fourth-order valence-electron chi connectivity index (χ4n) is 1.64. The standard InChI is InChI=1S/C13H14O2/c14-13-10-4-2-1-3-7-11-8-5-6-9-12(11)15-13/h1,3,5-6,8-9H,2,4,7,10H2. The van der Waals surface area contributed by atoms with Crippen LogP contribution in [0, 0.1) is 0 Å². The third kappa shape index (κ3) is 2.69. The van der Waals surface area contributed by atoms with E-state index in [1.54, 1.807) is 0 Å². The highest BCUT2D eigenvalue weighted by molar-refractivity contribution is 5.72. The molecule has 0 aliphatic carbocycles. The highest BCUT2D eigenvalue weighted by atomic mass is 16.5. The molecule has 0 unspecified atom stereocenters. The number of rotatable bonds is 0.